The average Bonchev–Trinajstić information content (AvgIpc) is 2.77. The molecule has 0 atom stereocenters. The van der Waals surface area contributed by atoms with Gasteiger partial charge in [-0.2, -0.15) is 5.10 Å². The van der Waals surface area contributed by atoms with Crippen LogP contribution in [-0.2, 0) is 6.54 Å². The minimum Gasteiger partial charge on any atom is -0.496 e. The molecule has 1 heterocycles. The predicted molar refractivity (Wildman–Crippen MR) is 113 cm³/mol. The Morgan fingerprint density at radius 2 is 1.62 bits per heavy atom. The van der Waals surface area contributed by atoms with Gasteiger partial charge in [0.15, 0.2) is 17.3 Å². The molecule has 1 aromatic heterocycles. The molecule has 3 rings (SSSR count). The number of hydrogen-bond acceptors (Lipinski definition) is 7. The maximum absolute atomic E-state index is 11.8. The Balaban J connectivity index is 1.52. The SMILES string of the molecule is COc1cc(OC)c(OC)cc1CNCCCNc1n[nH]c(=O)c2ccccc12. The molecule has 0 amide bonds. The number of methoxy groups -OCH3 is 3. The second-order valence-electron chi connectivity index (χ2n) is 6.42. The van der Waals surface area contributed by atoms with Crippen molar-refractivity contribution in [2.75, 3.05) is 39.7 Å². The van der Waals surface area contributed by atoms with Crippen molar-refractivity contribution in [3.63, 3.8) is 0 Å². The smallest absolute Gasteiger partial charge is 0.272 e. The van der Waals surface area contributed by atoms with Crippen molar-refractivity contribution in [2.24, 2.45) is 0 Å². The molecule has 0 aliphatic heterocycles. The van der Waals surface area contributed by atoms with Crippen LogP contribution < -0.4 is 30.4 Å². The molecule has 8 nitrogen and oxygen atoms in total. The molecule has 8 heteroatoms. The van der Waals surface area contributed by atoms with Gasteiger partial charge in [0.25, 0.3) is 5.56 Å². The predicted octanol–water partition coefficient (Wildman–Crippen LogP) is 2.54. The normalized spacial score (nSPS) is 10.7. The molecule has 0 radical (unpaired) electrons. The van der Waals surface area contributed by atoms with Gasteiger partial charge in [0, 0.05) is 30.1 Å². The number of rotatable bonds is 10. The fourth-order valence-electron chi connectivity index (χ4n) is 3.12. The zero-order valence-corrected chi connectivity index (χ0v) is 16.9. The van der Waals surface area contributed by atoms with Crippen LogP contribution in [0.4, 0.5) is 5.82 Å². The number of anilines is 1. The van der Waals surface area contributed by atoms with E-state index in [9.17, 15) is 4.79 Å². The van der Waals surface area contributed by atoms with Crippen LogP contribution >= 0.6 is 0 Å². The Bertz CT molecular complexity index is 1020. The van der Waals surface area contributed by atoms with Crippen molar-refractivity contribution < 1.29 is 14.2 Å². The van der Waals surface area contributed by atoms with Gasteiger partial charge >= 0.3 is 0 Å². The first-order valence-electron chi connectivity index (χ1n) is 9.38. The molecule has 0 fully saturated rings. The molecule has 29 heavy (non-hydrogen) atoms. The standard InChI is InChI=1S/C21H26N4O4/c1-27-17-12-19(29-3)18(28-2)11-14(17)13-22-9-6-10-23-20-15-7-4-5-8-16(15)21(26)25-24-20/h4-5,7-8,11-12,22H,6,9-10,13H2,1-3H3,(H,23,24)(H,25,26). The van der Waals surface area contributed by atoms with E-state index in [1.807, 2.05) is 30.3 Å². The van der Waals surface area contributed by atoms with Crippen LogP contribution in [0.2, 0.25) is 0 Å². The van der Waals surface area contributed by atoms with E-state index in [1.165, 1.54) is 0 Å². The van der Waals surface area contributed by atoms with Gasteiger partial charge in [0.1, 0.15) is 5.75 Å². The van der Waals surface area contributed by atoms with Crippen LogP contribution in [0, 0.1) is 0 Å². The first kappa shape index (κ1) is 20.5. The molecule has 0 aliphatic carbocycles. The topological polar surface area (TPSA) is 97.5 Å². The number of nitrogens with zero attached hydrogens (tertiary/aromatic N) is 1. The minimum absolute atomic E-state index is 0.184. The Morgan fingerprint density at radius 1 is 0.931 bits per heavy atom. The second kappa shape index (κ2) is 9.79. The summed E-state index contributed by atoms with van der Waals surface area (Å²) in [4.78, 5) is 11.8. The Morgan fingerprint density at radius 3 is 2.34 bits per heavy atom. The number of fused-ring (bicyclic) bond motifs is 1. The largest absolute Gasteiger partial charge is 0.496 e. The highest BCUT2D eigenvalue weighted by Crippen LogP contribution is 2.34. The fourth-order valence-corrected chi connectivity index (χ4v) is 3.12. The minimum atomic E-state index is -0.184. The molecule has 154 valence electrons. The molecular weight excluding hydrogens is 372 g/mol. The van der Waals surface area contributed by atoms with Gasteiger partial charge in [-0.05, 0) is 25.1 Å². The zero-order valence-electron chi connectivity index (χ0n) is 16.9. The van der Waals surface area contributed by atoms with Crippen molar-refractivity contribution in [1.82, 2.24) is 15.5 Å². The van der Waals surface area contributed by atoms with E-state index >= 15 is 0 Å². The summed E-state index contributed by atoms with van der Waals surface area (Å²) in [6.07, 6.45) is 0.880. The van der Waals surface area contributed by atoms with Gasteiger partial charge in [-0.25, -0.2) is 5.10 Å². The van der Waals surface area contributed by atoms with Crippen molar-refractivity contribution >= 4 is 16.6 Å². The molecule has 0 saturated carbocycles. The second-order valence-corrected chi connectivity index (χ2v) is 6.42. The van der Waals surface area contributed by atoms with Crippen LogP contribution in [0.3, 0.4) is 0 Å². The first-order chi connectivity index (χ1) is 14.2. The fraction of sp³-hybridized carbons (Fsp3) is 0.333. The summed E-state index contributed by atoms with van der Waals surface area (Å²) in [5.41, 5.74) is 0.808. The van der Waals surface area contributed by atoms with Crippen molar-refractivity contribution in [1.29, 1.82) is 0 Å². The molecule has 0 aliphatic rings. The van der Waals surface area contributed by atoms with E-state index < -0.39 is 0 Å². The number of benzene rings is 2. The average molecular weight is 398 g/mol. The third-order valence-electron chi connectivity index (χ3n) is 4.62. The maximum Gasteiger partial charge on any atom is 0.272 e. The van der Waals surface area contributed by atoms with Gasteiger partial charge in [-0.15, -0.1) is 0 Å². The van der Waals surface area contributed by atoms with Crippen LogP contribution in [-0.4, -0.2) is 44.6 Å². The lowest BCUT2D eigenvalue weighted by molar-refractivity contribution is 0.347. The number of aromatic amines is 1. The third-order valence-corrected chi connectivity index (χ3v) is 4.62. The van der Waals surface area contributed by atoms with E-state index in [-0.39, 0.29) is 5.56 Å². The van der Waals surface area contributed by atoms with Crippen LogP contribution in [0.1, 0.15) is 12.0 Å². The zero-order chi connectivity index (χ0) is 20.6. The van der Waals surface area contributed by atoms with Crippen molar-refractivity contribution in [3.05, 3.63) is 52.3 Å². The van der Waals surface area contributed by atoms with E-state index in [2.05, 4.69) is 20.8 Å². The van der Waals surface area contributed by atoms with Crippen molar-refractivity contribution in [2.45, 2.75) is 13.0 Å². The summed E-state index contributed by atoms with van der Waals surface area (Å²) in [7, 11) is 4.85. The summed E-state index contributed by atoms with van der Waals surface area (Å²) in [6.45, 7) is 2.16. The molecular formula is C21H26N4O4. The van der Waals surface area contributed by atoms with Gasteiger partial charge in [-0.1, -0.05) is 18.2 Å². The van der Waals surface area contributed by atoms with Crippen molar-refractivity contribution in [3.8, 4) is 17.2 Å². The first-order valence-corrected chi connectivity index (χ1v) is 9.38. The Hall–Kier alpha value is -3.26. The lowest BCUT2D eigenvalue weighted by atomic mass is 10.1. The highest BCUT2D eigenvalue weighted by Gasteiger charge is 2.11. The molecule has 3 N–H and O–H groups in total. The Kier molecular flexibility index (Phi) is 6.91. The number of H-pyrrole nitrogens is 1. The number of hydrogen-bond donors (Lipinski definition) is 3. The summed E-state index contributed by atoms with van der Waals surface area (Å²) in [5.74, 6) is 2.74. The van der Waals surface area contributed by atoms with Crippen LogP contribution in [0.5, 0.6) is 17.2 Å². The molecule has 0 unspecified atom stereocenters. The number of nitrogens with one attached hydrogen (secondary N) is 3. The summed E-state index contributed by atoms with van der Waals surface area (Å²) in [5, 5.41) is 14.8. The number of aromatic nitrogens is 2. The molecule has 0 spiro atoms. The van der Waals surface area contributed by atoms with Crippen LogP contribution in [0.15, 0.2) is 41.2 Å². The number of ether oxygens (including phenoxy) is 3. The third kappa shape index (κ3) is 4.78. The molecule has 0 bridgehead atoms. The van der Waals surface area contributed by atoms with E-state index in [0.717, 1.165) is 36.2 Å². The monoisotopic (exact) mass is 398 g/mol. The van der Waals surface area contributed by atoms with E-state index in [0.29, 0.717) is 29.2 Å². The lowest BCUT2D eigenvalue weighted by Gasteiger charge is -2.14. The summed E-state index contributed by atoms with van der Waals surface area (Å²) >= 11 is 0. The highest BCUT2D eigenvalue weighted by atomic mass is 16.5. The molecule has 3 aromatic rings. The summed E-state index contributed by atoms with van der Waals surface area (Å²) < 4.78 is 16.1. The van der Waals surface area contributed by atoms with Gasteiger partial charge < -0.3 is 24.8 Å². The van der Waals surface area contributed by atoms with Gasteiger partial charge in [0.2, 0.25) is 0 Å². The van der Waals surface area contributed by atoms with Gasteiger partial charge in [-0.3, -0.25) is 4.79 Å². The van der Waals surface area contributed by atoms with Gasteiger partial charge in [0.05, 0.1) is 26.7 Å². The summed E-state index contributed by atoms with van der Waals surface area (Å²) in [6, 6.07) is 11.2. The molecule has 0 saturated heterocycles. The lowest BCUT2D eigenvalue weighted by Crippen LogP contribution is -2.19. The maximum atomic E-state index is 11.8. The molecule has 2 aromatic carbocycles. The quantitative estimate of drug-likeness (QED) is 0.452. The van der Waals surface area contributed by atoms with E-state index in [4.69, 9.17) is 14.2 Å². The highest BCUT2D eigenvalue weighted by molar-refractivity contribution is 5.90. The van der Waals surface area contributed by atoms with Crippen LogP contribution in [0.25, 0.3) is 10.8 Å². The van der Waals surface area contributed by atoms with E-state index in [1.54, 1.807) is 27.4 Å². The Labute approximate surface area is 169 Å².